The van der Waals surface area contributed by atoms with Crippen LogP contribution in [0.2, 0.25) is 0 Å². The highest BCUT2D eigenvalue weighted by molar-refractivity contribution is 5.95. The topological polar surface area (TPSA) is 82.8 Å². The molecule has 3 aromatic rings. The van der Waals surface area contributed by atoms with E-state index in [1.54, 1.807) is 44.6 Å². The van der Waals surface area contributed by atoms with Crippen LogP contribution in [0, 0.1) is 0 Å². The molecule has 0 heterocycles. The van der Waals surface area contributed by atoms with Crippen LogP contribution in [0.1, 0.15) is 34.5 Å². The van der Waals surface area contributed by atoms with E-state index < -0.39 is 0 Å². The zero-order chi connectivity index (χ0) is 21.5. The SMILES string of the molecule is COc1cc(Oc2cc(C(=O)N[C@H](C)c3ccccc3)ccc2OC)ccc1CN.Cl. The molecule has 0 saturated heterocycles. The number of methoxy groups -OCH3 is 2. The molecule has 7 heteroatoms. The van der Waals surface area contributed by atoms with Crippen molar-refractivity contribution < 1.29 is 19.0 Å². The molecule has 164 valence electrons. The Bertz CT molecular complexity index is 1010. The van der Waals surface area contributed by atoms with Crippen LogP contribution in [-0.4, -0.2) is 20.1 Å². The Morgan fingerprint density at radius 3 is 2.29 bits per heavy atom. The van der Waals surface area contributed by atoms with Crippen molar-refractivity contribution in [2.45, 2.75) is 19.5 Å². The zero-order valence-corrected chi connectivity index (χ0v) is 18.6. The van der Waals surface area contributed by atoms with Gasteiger partial charge in [0, 0.05) is 23.7 Å². The van der Waals surface area contributed by atoms with Crippen LogP contribution in [0.3, 0.4) is 0 Å². The van der Waals surface area contributed by atoms with Crippen molar-refractivity contribution in [3.05, 3.63) is 83.4 Å². The van der Waals surface area contributed by atoms with E-state index >= 15 is 0 Å². The molecule has 3 aromatic carbocycles. The van der Waals surface area contributed by atoms with E-state index in [9.17, 15) is 4.79 Å². The maximum absolute atomic E-state index is 12.8. The van der Waals surface area contributed by atoms with Crippen LogP contribution in [0.4, 0.5) is 0 Å². The van der Waals surface area contributed by atoms with E-state index in [0.717, 1.165) is 11.1 Å². The molecule has 3 rings (SSSR count). The first-order valence-electron chi connectivity index (χ1n) is 9.64. The Labute approximate surface area is 188 Å². The van der Waals surface area contributed by atoms with E-state index in [2.05, 4.69) is 5.32 Å². The maximum Gasteiger partial charge on any atom is 0.251 e. The van der Waals surface area contributed by atoms with E-state index in [0.29, 0.717) is 35.1 Å². The molecule has 0 saturated carbocycles. The number of amides is 1. The van der Waals surface area contributed by atoms with Crippen LogP contribution in [0.15, 0.2) is 66.7 Å². The van der Waals surface area contributed by atoms with Crippen LogP contribution < -0.4 is 25.3 Å². The van der Waals surface area contributed by atoms with Gasteiger partial charge in [0.05, 0.1) is 20.3 Å². The van der Waals surface area contributed by atoms with Gasteiger partial charge in [0.15, 0.2) is 11.5 Å². The summed E-state index contributed by atoms with van der Waals surface area (Å²) >= 11 is 0. The van der Waals surface area contributed by atoms with Crippen molar-refractivity contribution in [3.8, 4) is 23.0 Å². The van der Waals surface area contributed by atoms with Crippen molar-refractivity contribution in [1.29, 1.82) is 0 Å². The molecule has 0 aliphatic heterocycles. The van der Waals surface area contributed by atoms with E-state index in [4.69, 9.17) is 19.9 Å². The first kappa shape index (κ1) is 24.1. The summed E-state index contributed by atoms with van der Waals surface area (Å²) in [7, 11) is 3.13. The lowest BCUT2D eigenvalue weighted by Gasteiger charge is -2.16. The minimum absolute atomic E-state index is 0. The van der Waals surface area contributed by atoms with Gasteiger partial charge in [-0.3, -0.25) is 4.79 Å². The number of nitrogens with one attached hydrogen (secondary N) is 1. The number of rotatable bonds is 8. The van der Waals surface area contributed by atoms with Gasteiger partial charge in [-0.15, -0.1) is 12.4 Å². The fourth-order valence-electron chi connectivity index (χ4n) is 3.09. The lowest BCUT2D eigenvalue weighted by molar-refractivity contribution is 0.0939. The second-order valence-corrected chi connectivity index (χ2v) is 6.75. The second-order valence-electron chi connectivity index (χ2n) is 6.75. The quantitative estimate of drug-likeness (QED) is 0.520. The number of halogens is 1. The van der Waals surface area contributed by atoms with Gasteiger partial charge >= 0.3 is 0 Å². The summed E-state index contributed by atoms with van der Waals surface area (Å²) in [6.45, 7) is 2.31. The number of hydrogen-bond donors (Lipinski definition) is 2. The standard InChI is InChI=1S/C24H26N2O4.ClH/c1-16(17-7-5-4-6-8-17)26-24(27)18-10-12-21(28-2)23(13-18)30-20-11-9-19(15-25)22(14-20)29-3;/h4-14,16H,15,25H2,1-3H3,(H,26,27);1H/t16-;/m1./s1. The molecular weight excluding hydrogens is 416 g/mol. The highest BCUT2D eigenvalue weighted by Gasteiger charge is 2.15. The van der Waals surface area contributed by atoms with Crippen molar-refractivity contribution in [2.24, 2.45) is 5.73 Å². The Kier molecular flexibility index (Phi) is 8.73. The summed E-state index contributed by atoms with van der Waals surface area (Å²) in [5.41, 5.74) is 8.10. The van der Waals surface area contributed by atoms with Crippen LogP contribution >= 0.6 is 12.4 Å². The normalized spacial score (nSPS) is 11.1. The minimum atomic E-state index is -0.199. The molecule has 0 aliphatic carbocycles. The Hall–Kier alpha value is -3.22. The Balaban J connectivity index is 0.00000341. The molecule has 0 spiro atoms. The first-order valence-corrected chi connectivity index (χ1v) is 9.64. The third kappa shape index (κ3) is 5.90. The van der Waals surface area contributed by atoms with E-state index in [-0.39, 0.29) is 24.4 Å². The van der Waals surface area contributed by atoms with Crippen LogP contribution in [0.25, 0.3) is 0 Å². The van der Waals surface area contributed by atoms with Crippen molar-refractivity contribution in [3.63, 3.8) is 0 Å². The van der Waals surface area contributed by atoms with Gasteiger partial charge in [-0.1, -0.05) is 36.4 Å². The van der Waals surface area contributed by atoms with Gasteiger partial charge in [-0.2, -0.15) is 0 Å². The molecule has 0 aromatic heterocycles. The number of carbonyl (C=O) groups excluding carboxylic acids is 1. The highest BCUT2D eigenvalue weighted by atomic mass is 35.5. The summed E-state index contributed by atoms with van der Waals surface area (Å²) in [6.07, 6.45) is 0. The highest BCUT2D eigenvalue weighted by Crippen LogP contribution is 2.34. The lowest BCUT2D eigenvalue weighted by Crippen LogP contribution is -2.26. The summed E-state index contributed by atoms with van der Waals surface area (Å²) in [4.78, 5) is 12.8. The second kappa shape index (κ2) is 11.2. The molecule has 0 unspecified atom stereocenters. The molecule has 0 bridgehead atoms. The van der Waals surface area contributed by atoms with Gasteiger partial charge in [0.1, 0.15) is 11.5 Å². The molecule has 0 radical (unpaired) electrons. The molecule has 3 N–H and O–H groups in total. The predicted molar refractivity (Wildman–Crippen MR) is 124 cm³/mol. The Morgan fingerprint density at radius 1 is 0.935 bits per heavy atom. The van der Waals surface area contributed by atoms with Crippen molar-refractivity contribution in [1.82, 2.24) is 5.32 Å². The van der Waals surface area contributed by atoms with E-state index in [1.807, 2.05) is 43.3 Å². The van der Waals surface area contributed by atoms with Gasteiger partial charge in [0.25, 0.3) is 5.91 Å². The molecule has 31 heavy (non-hydrogen) atoms. The third-order valence-electron chi connectivity index (χ3n) is 4.78. The fourth-order valence-corrected chi connectivity index (χ4v) is 3.09. The van der Waals surface area contributed by atoms with Crippen LogP contribution in [0.5, 0.6) is 23.0 Å². The molecule has 1 amide bonds. The summed E-state index contributed by atoms with van der Waals surface area (Å²) in [6, 6.07) is 20.1. The number of hydrogen-bond acceptors (Lipinski definition) is 5. The summed E-state index contributed by atoms with van der Waals surface area (Å²) in [5, 5.41) is 3.01. The molecule has 0 fully saturated rings. The maximum atomic E-state index is 12.8. The summed E-state index contributed by atoms with van der Waals surface area (Å²) < 4.78 is 16.8. The van der Waals surface area contributed by atoms with Gasteiger partial charge in [-0.05, 0) is 36.8 Å². The molecular formula is C24H27ClN2O4. The average molecular weight is 443 g/mol. The van der Waals surface area contributed by atoms with Gasteiger partial charge in [-0.25, -0.2) is 0 Å². The van der Waals surface area contributed by atoms with Gasteiger partial charge in [0.2, 0.25) is 0 Å². The lowest BCUT2D eigenvalue weighted by atomic mass is 10.1. The molecule has 6 nitrogen and oxygen atoms in total. The number of benzene rings is 3. The third-order valence-corrected chi connectivity index (χ3v) is 4.78. The number of ether oxygens (including phenoxy) is 3. The van der Waals surface area contributed by atoms with Crippen molar-refractivity contribution in [2.75, 3.05) is 14.2 Å². The van der Waals surface area contributed by atoms with Crippen LogP contribution in [-0.2, 0) is 6.54 Å². The largest absolute Gasteiger partial charge is 0.496 e. The minimum Gasteiger partial charge on any atom is -0.496 e. The smallest absolute Gasteiger partial charge is 0.251 e. The van der Waals surface area contributed by atoms with Gasteiger partial charge < -0.3 is 25.3 Å². The average Bonchev–Trinajstić information content (AvgIpc) is 2.79. The number of nitrogens with two attached hydrogens (primary N) is 1. The van der Waals surface area contributed by atoms with Crippen molar-refractivity contribution >= 4 is 18.3 Å². The molecule has 1 atom stereocenters. The zero-order valence-electron chi connectivity index (χ0n) is 17.8. The summed E-state index contributed by atoms with van der Waals surface area (Å²) in [5.74, 6) is 1.94. The molecule has 0 aliphatic rings. The first-order chi connectivity index (χ1) is 14.5. The monoisotopic (exact) mass is 442 g/mol. The number of carbonyl (C=O) groups is 1. The predicted octanol–water partition coefficient (Wildman–Crippen LogP) is 4.87. The fraction of sp³-hybridized carbons (Fsp3) is 0.208. The Morgan fingerprint density at radius 2 is 1.65 bits per heavy atom. The van der Waals surface area contributed by atoms with E-state index in [1.165, 1.54) is 0 Å².